The molecule has 2 aromatic rings. The zero-order chi connectivity index (χ0) is 15.9. The summed E-state index contributed by atoms with van der Waals surface area (Å²) in [5, 5.41) is 6.72. The van der Waals surface area contributed by atoms with Gasteiger partial charge in [0, 0.05) is 5.69 Å². The molecule has 0 atom stereocenters. The first kappa shape index (κ1) is 16.3. The molecule has 0 amide bonds. The van der Waals surface area contributed by atoms with Gasteiger partial charge in [0.2, 0.25) is 0 Å². The van der Waals surface area contributed by atoms with Gasteiger partial charge in [-0.2, -0.15) is 0 Å². The van der Waals surface area contributed by atoms with Crippen LogP contribution in [0.1, 0.15) is 23.0 Å². The van der Waals surface area contributed by atoms with Crippen molar-refractivity contribution in [3.63, 3.8) is 0 Å². The first-order valence-electron chi connectivity index (χ1n) is 6.64. The summed E-state index contributed by atoms with van der Waals surface area (Å²) >= 11 is 11.3. The number of thiocarbonyl (C=S) groups is 1. The molecule has 0 unspecified atom stereocenters. The highest BCUT2D eigenvalue weighted by molar-refractivity contribution is 7.80. The molecule has 2 N–H and O–H groups in total. The van der Waals surface area contributed by atoms with Crippen LogP contribution in [0, 0.1) is 0 Å². The number of carbonyl (C=O) groups is 1. The molecule has 1 aromatic carbocycles. The van der Waals surface area contributed by atoms with E-state index in [-0.39, 0.29) is 0 Å². The number of furan rings is 1. The minimum Gasteiger partial charge on any atom is -0.467 e. The summed E-state index contributed by atoms with van der Waals surface area (Å²) in [5.41, 5.74) is 0.999. The second-order valence-electron chi connectivity index (χ2n) is 4.30. The van der Waals surface area contributed by atoms with Crippen molar-refractivity contribution in [3.05, 3.63) is 52.9 Å². The number of carbonyl (C=O) groups excluding carboxylic acids is 1. The zero-order valence-electron chi connectivity index (χ0n) is 11.9. The maximum atomic E-state index is 11.7. The van der Waals surface area contributed by atoms with E-state index in [0.717, 1.165) is 5.76 Å². The third-order valence-corrected chi connectivity index (χ3v) is 3.28. The van der Waals surface area contributed by atoms with Crippen molar-refractivity contribution >= 4 is 40.6 Å². The molecule has 7 heteroatoms. The summed E-state index contributed by atoms with van der Waals surface area (Å²) in [6, 6.07) is 8.58. The Morgan fingerprint density at radius 2 is 2.23 bits per heavy atom. The van der Waals surface area contributed by atoms with Gasteiger partial charge in [0.15, 0.2) is 5.11 Å². The molecule has 0 aliphatic rings. The lowest BCUT2D eigenvalue weighted by molar-refractivity contribution is 0.0526. The highest BCUT2D eigenvalue weighted by Gasteiger charge is 2.12. The predicted octanol–water partition coefficient (Wildman–Crippen LogP) is 3.60. The van der Waals surface area contributed by atoms with Gasteiger partial charge in [0.1, 0.15) is 5.76 Å². The average Bonchev–Trinajstić information content (AvgIpc) is 2.98. The van der Waals surface area contributed by atoms with E-state index in [1.807, 2.05) is 6.07 Å². The Hall–Kier alpha value is -2.05. The van der Waals surface area contributed by atoms with Crippen molar-refractivity contribution in [3.8, 4) is 0 Å². The molecule has 2 rings (SSSR count). The minimum absolute atomic E-state index is 0.302. The molecule has 1 heterocycles. The number of ether oxygens (including phenoxy) is 1. The van der Waals surface area contributed by atoms with Crippen LogP contribution in [0.2, 0.25) is 5.02 Å². The van der Waals surface area contributed by atoms with E-state index in [4.69, 9.17) is 33.0 Å². The van der Waals surface area contributed by atoms with Crippen LogP contribution in [-0.4, -0.2) is 17.7 Å². The maximum Gasteiger partial charge on any atom is 0.339 e. The van der Waals surface area contributed by atoms with E-state index in [2.05, 4.69) is 10.6 Å². The third-order valence-electron chi connectivity index (χ3n) is 2.73. The number of rotatable bonds is 5. The Morgan fingerprint density at radius 3 is 2.86 bits per heavy atom. The van der Waals surface area contributed by atoms with Gasteiger partial charge in [-0.05, 0) is 49.5 Å². The number of hydrogen-bond donors (Lipinski definition) is 2. The van der Waals surface area contributed by atoms with E-state index in [1.54, 1.807) is 37.5 Å². The van der Waals surface area contributed by atoms with Crippen LogP contribution < -0.4 is 10.6 Å². The fraction of sp³-hybridized carbons (Fsp3) is 0.200. The molecule has 0 aliphatic carbocycles. The molecule has 0 saturated carbocycles. The van der Waals surface area contributed by atoms with Crippen LogP contribution in [0.4, 0.5) is 5.69 Å². The summed E-state index contributed by atoms with van der Waals surface area (Å²) in [6.07, 6.45) is 1.60. The summed E-state index contributed by atoms with van der Waals surface area (Å²) in [6.45, 7) is 2.52. The second kappa shape index (κ2) is 7.82. The van der Waals surface area contributed by atoms with E-state index in [1.165, 1.54) is 0 Å². The SMILES string of the molecule is CCOC(=O)c1ccc(NC(=S)NCc2ccco2)cc1Cl. The molecule has 0 bridgehead atoms. The summed E-state index contributed by atoms with van der Waals surface area (Å²) in [4.78, 5) is 11.7. The Kier molecular flexibility index (Phi) is 5.80. The van der Waals surface area contributed by atoms with Crippen LogP contribution in [0.25, 0.3) is 0 Å². The monoisotopic (exact) mass is 338 g/mol. The number of anilines is 1. The van der Waals surface area contributed by atoms with E-state index < -0.39 is 5.97 Å². The van der Waals surface area contributed by atoms with E-state index >= 15 is 0 Å². The Labute approximate surface area is 138 Å². The standard InChI is InChI=1S/C15H15ClN2O3S/c1-2-20-14(19)12-6-5-10(8-13(12)16)18-15(22)17-9-11-4-3-7-21-11/h3-8H,2,9H2,1H3,(H2,17,18,22). The van der Waals surface area contributed by atoms with Gasteiger partial charge >= 0.3 is 5.97 Å². The molecule has 0 radical (unpaired) electrons. The number of esters is 1. The first-order valence-corrected chi connectivity index (χ1v) is 7.42. The summed E-state index contributed by atoms with van der Waals surface area (Å²) in [7, 11) is 0. The van der Waals surface area contributed by atoms with E-state index in [0.29, 0.717) is 34.5 Å². The number of nitrogens with one attached hydrogen (secondary N) is 2. The largest absolute Gasteiger partial charge is 0.467 e. The van der Waals surface area contributed by atoms with Crippen molar-refractivity contribution < 1.29 is 13.9 Å². The smallest absolute Gasteiger partial charge is 0.339 e. The van der Waals surface area contributed by atoms with Gasteiger partial charge in [-0.3, -0.25) is 0 Å². The quantitative estimate of drug-likeness (QED) is 0.641. The van der Waals surface area contributed by atoms with Crippen molar-refractivity contribution in [1.82, 2.24) is 5.32 Å². The Balaban J connectivity index is 1.93. The van der Waals surface area contributed by atoms with Crippen LogP contribution >= 0.6 is 23.8 Å². The Morgan fingerprint density at radius 1 is 1.41 bits per heavy atom. The van der Waals surface area contributed by atoms with Crippen LogP contribution in [0.3, 0.4) is 0 Å². The highest BCUT2D eigenvalue weighted by Crippen LogP contribution is 2.21. The number of hydrogen-bond acceptors (Lipinski definition) is 4. The molecule has 0 aliphatic heterocycles. The fourth-order valence-corrected chi connectivity index (χ4v) is 2.17. The molecule has 0 fully saturated rings. The van der Waals surface area contributed by atoms with Crippen molar-refractivity contribution in [2.45, 2.75) is 13.5 Å². The van der Waals surface area contributed by atoms with Gasteiger partial charge in [0.25, 0.3) is 0 Å². The van der Waals surface area contributed by atoms with Crippen molar-refractivity contribution in [1.29, 1.82) is 0 Å². The van der Waals surface area contributed by atoms with Crippen molar-refractivity contribution in [2.24, 2.45) is 0 Å². The summed E-state index contributed by atoms with van der Waals surface area (Å²) in [5.74, 6) is 0.331. The van der Waals surface area contributed by atoms with Gasteiger partial charge in [0.05, 0.1) is 30.0 Å². The maximum absolute atomic E-state index is 11.7. The molecule has 1 aromatic heterocycles. The molecule has 116 valence electrons. The van der Waals surface area contributed by atoms with Gasteiger partial charge < -0.3 is 19.8 Å². The highest BCUT2D eigenvalue weighted by atomic mass is 35.5. The average molecular weight is 339 g/mol. The van der Waals surface area contributed by atoms with Gasteiger partial charge in [-0.25, -0.2) is 4.79 Å². The lowest BCUT2D eigenvalue weighted by Gasteiger charge is -2.11. The molecule has 5 nitrogen and oxygen atoms in total. The Bertz CT molecular complexity index is 659. The third kappa shape index (κ3) is 4.47. The molecular weight excluding hydrogens is 324 g/mol. The number of benzene rings is 1. The van der Waals surface area contributed by atoms with E-state index in [9.17, 15) is 4.79 Å². The van der Waals surface area contributed by atoms with Gasteiger partial charge in [-0.15, -0.1) is 0 Å². The second-order valence-corrected chi connectivity index (χ2v) is 5.12. The molecular formula is C15H15ClN2O3S. The predicted molar refractivity (Wildman–Crippen MR) is 89.2 cm³/mol. The van der Waals surface area contributed by atoms with Crippen molar-refractivity contribution in [2.75, 3.05) is 11.9 Å². The molecule has 0 spiro atoms. The van der Waals surface area contributed by atoms with Gasteiger partial charge in [-0.1, -0.05) is 11.6 Å². The lowest BCUT2D eigenvalue weighted by Crippen LogP contribution is -2.27. The summed E-state index contributed by atoms with van der Waals surface area (Å²) < 4.78 is 10.1. The molecule has 22 heavy (non-hydrogen) atoms. The zero-order valence-corrected chi connectivity index (χ0v) is 13.5. The topological polar surface area (TPSA) is 63.5 Å². The first-order chi connectivity index (χ1) is 10.6. The lowest BCUT2D eigenvalue weighted by atomic mass is 10.2. The fourth-order valence-electron chi connectivity index (χ4n) is 1.72. The normalized spacial score (nSPS) is 10.1. The van der Waals surface area contributed by atoms with Crippen LogP contribution in [-0.2, 0) is 11.3 Å². The van der Waals surface area contributed by atoms with Crippen LogP contribution in [0.5, 0.6) is 0 Å². The van der Waals surface area contributed by atoms with Crippen LogP contribution in [0.15, 0.2) is 41.0 Å². The molecule has 0 saturated heterocycles. The number of halogens is 1. The minimum atomic E-state index is -0.447.